The third-order valence-electron chi connectivity index (χ3n) is 4.93. The van der Waals surface area contributed by atoms with Crippen molar-refractivity contribution in [2.45, 2.75) is 93.6 Å². The molecule has 4 nitrogen and oxygen atoms in total. The highest BCUT2D eigenvalue weighted by Gasteiger charge is 2.36. The molecule has 0 aromatic carbocycles. The van der Waals surface area contributed by atoms with Crippen LogP contribution < -0.4 is 0 Å². The van der Waals surface area contributed by atoms with Crippen LogP contribution in [0.1, 0.15) is 87.5 Å². The second kappa shape index (κ2) is 12.3. The standard InChI is InChI=1S/C22H42O4/c1-14(2)9-11-18(21(23)24)19(12-10-15(3)4)22(25)26-20(17(7)8)13-16(5)6/h14-20H,9-13H2,1-8H3,(H,23,24). The molecule has 4 heteroatoms. The Morgan fingerprint density at radius 1 is 0.731 bits per heavy atom. The number of carbonyl (C=O) groups excluding carboxylic acids is 1. The van der Waals surface area contributed by atoms with Crippen LogP contribution in [0, 0.1) is 35.5 Å². The van der Waals surface area contributed by atoms with Gasteiger partial charge in [-0.2, -0.15) is 0 Å². The fourth-order valence-electron chi connectivity index (χ4n) is 3.16. The molecule has 154 valence electrons. The largest absolute Gasteiger partial charge is 0.481 e. The number of carboxylic acid groups (broad SMARTS) is 1. The molecule has 0 aliphatic rings. The van der Waals surface area contributed by atoms with Gasteiger partial charge in [0.15, 0.2) is 0 Å². The molecule has 0 aromatic rings. The maximum atomic E-state index is 13.0. The number of carbonyl (C=O) groups is 2. The summed E-state index contributed by atoms with van der Waals surface area (Å²) in [7, 11) is 0. The second-order valence-corrected chi connectivity index (χ2v) is 9.34. The van der Waals surface area contributed by atoms with Gasteiger partial charge in [0, 0.05) is 0 Å². The minimum atomic E-state index is -0.874. The maximum Gasteiger partial charge on any atom is 0.310 e. The van der Waals surface area contributed by atoms with Crippen LogP contribution in [-0.2, 0) is 14.3 Å². The van der Waals surface area contributed by atoms with E-state index >= 15 is 0 Å². The van der Waals surface area contributed by atoms with Gasteiger partial charge in [0.25, 0.3) is 0 Å². The highest BCUT2D eigenvalue weighted by molar-refractivity contribution is 5.81. The van der Waals surface area contributed by atoms with Gasteiger partial charge in [0.05, 0.1) is 11.8 Å². The molecule has 0 aliphatic heterocycles. The number of carboxylic acids is 1. The van der Waals surface area contributed by atoms with Crippen molar-refractivity contribution in [1.29, 1.82) is 0 Å². The topological polar surface area (TPSA) is 63.6 Å². The van der Waals surface area contributed by atoms with E-state index in [0.717, 1.165) is 19.3 Å². The lowest BCUT2D eigenvalue weighted by Crippen LogP contribution is -2.35. The van der Waals surface area contributed by atoms with Crippen LogP contribution in [0.2, 0.25) is 0 Å². The first kappa shape index (κ1) is 24.9. The quantitative estimate of drug-likeness (QED) is 0.417. The Hall–Kier alpha value is -1.06. The molecule has 0 heterocycles. The summed E-state index contributed by atoms with van der Waals surface area (Å²) >= 11 is 0. The molecule has 0 spiro atoms. The lowest BCUT2D eigenvalue weighted by molar-refractivity contribution is -0.165. The molecule has 0 radical (unpaired) electrons. The molecule has 3 unspecified atom stereocenters. The first-order valence-corrected chi connectivity index (χ1v) is 10.4. The molecule has 1 N–H and O–H groups in total. The van der Waals surface area contributed by atoms with Gasteiger partial charge in [-0.1, -0.05) is 68.2 Å². The summed E-state index contributed by atoms with van der Waals surface area (Å²) in [5.41, 5.74) is 0. The zero-order valence-electron chi connectivity index (χ0n) is 18.2. The third kappa shape index (κ3) is 10.2. The van der Waals surface area contributed by atoms with E-state index in [1.807, 2.05) is 0 Å². The van der Waals surface area contributed by atoms with Crippen LogP contribution in [0.25, 0.3) is 0 Å². The summed E-state index contributed by atoms with van der Waals surface area (Å²) in [6, 6.07) is 0. The Labute approximate surface area is 161 Å². The van der Waals surface area contributed by atoms with Crippen molar-refractivity contribution in [3.63, 3.8) is 0 Å². The summed E-state index contributed by atoms with van der Waals surface area (Å²) in [6.45, 7) is 16.7. The van der Waals surface area contributed by atoms with Gasteiger partial charge in [0.2, 0.25) is 0 Å². The molecule has 0 aliphatic carbocycles. The smallest absolute Gasteiger partial charge is 0.310 e. The molecule has 0 saturated heterocycles. The van der Waals surface area contributed by atoms with Crippen molar-refractivity contribution >= 4 is 11.9 Å². The SMILES string of the molecule is CC(C)CCC(C(=O)O)C(CCC(C)C)C(=O)OC(CC(C)C)C(C)C. The lowest BCUT2D eigenvalue weighted by atomic mass is 9.82. The lowest BCUT2D eigenvalue weighted by Gasteiger charge is -2.29. The van der Waals surface area contributed by atoms with Gasteiger partial charge in [-0.3, -0.25) is 9.59 Å². The van der Waals surface area contributed by atoms with Crippen molar-refractivity contribution < 1.29 is 19.4 Å². The van der Waals surface area contributed by atoms with E-state index in [9.17, 15) is 14.7 Å². The molecule has 26 heavy (non-hydrogen) atoms. The van der Waals surface area contributed by atoms with Gasteiger partial charge in [-0.25, -0.2) is 0 Å². The Morgan fingerprint density at radius 2 is 1.19 bits per heavy atom. The van der Waals surface area contributed by atoms with E-state index in [2.05, 4.69) is 55.4 Å². The zero-order chi connectivity index (χ0) is 20.4. The summed E-state index contributed by atoms with van der Waals surface area (Å²) in [6.07, 6.45) is 3.41. The molecule has 0 rings (SSSR count). The first-order valence-electron chi connectivity index (χ1n) is 10.4. The Kier molecular flexibility index (Phi) is 11.8. The minimum absolute atomic E-state index is 0.149. The van der Waals surface area contributed by atoms with E-state index in [1.165, 1.54) is 0 Å². The summed E-state index contributed by atoms with van der Waals surface area (Å²) in [5, 5.41) is 9.75. The van der Waals surface area contributed by atoms with Crippen LogP contribution in [0.4, 0.5) is 0 Å². The minimum Gasteiger partial charge on any atom is -0.481 e. The van der Waals surface area contributed by atoms with Crippen LogP contribution >= 0.6 is 0 Å². The highest BCUT2D eigenvalue weighted by Crippen LogP contribution is 2.29. The maximum absolute atomic E-state index is 13.0. The average Bonchev–Trinajstić information content (AvgIpc) is 2.47. The van der Waals surface area contributed by atoms with Crippen molar-refractivity contribution in [2.24, 2.45) is 35.5 Å². The average molecular weight is 371 g/mol. The Bertz CT molecular complexity index is 412. The fraction of sp³-hybridized carbons (Fsp3) is 0.909. The molecule has 3 atom stereocenters. The third-order valence-corrected chi connectivity index (χ3v) is 4.93. The number of hydrogen-bond acceptors (Lipinski definition) is 3. The van der Waals surface area contributed by atoms with Crippen LogP contribution in [0.3, 0.4) is 0 Å². The van der Waals surface area contributed by atoms with Gasteiger partial charge in [-0.05, 0) is 42.9 Å². The molecular formula is C22H42O4. The molecule has 0 saturated carbocycles. The van der Waals surface area contributed by atoms with Crippen molar-refractivity contribution in [3.05, 3.63) is 0 Å². The first-order chi connectivity index (χ1) is 12.0. The number of hydrogen-bond donors (Lipinski definition) is 1. The van der Waals surface area contributed by atoms with Crippen LogP contribution in [-0.4, -0.2) is 23.1 Å². The summed E-state index contributed by atoms with van der Waals surface area (Å²) in [4.78, 5) is 24.8. The van der Waals surface area contributed by atoms with Gasteiger partial charge in [-0.15, -0.1) is 0 Å². The predicted molar refractivity (Wildman–Crippen MR) is 107 cm³/mol. The van der Waals surface area contributed by atoms with Crippen LogP contribution in [0.5, 0.6) is 0 Å². The number of aliphatic carboxylic acids is 1. The predicted octanol–water partition coefficient (Wildman–Crippen LogP) is 5.79. The second-order valence-electron chi connectivity index (χ2n) is 9.34. The number of esters is 1. The highest BCUT2D eigenvalue weighted by atomic mass is 16.5. The Morgan fingerprint density at radius 3 is 1.54 bits per heavy atom. The van der Waals surface area contributed by atoms with E-state index in [-0.39, 0.29) is 18.0 Å². The van der Waals surface area contributed by atoms with Gasteiger partial charge >= 0.3 is 11.9 Å². The summed E-state index contributed by atoms with van der Waals surface area (Å²) in [5.74, 6) is -0.893. The van der Waals surface area contributed by atoms with E-state index < -0.39 is 17.8 Å². The van der Waals surface area contributed by atoms with E-state index in [4.69, 9.17) is 4.74 Å². The molecule has 0 amide bonds. The zero-order valence-corrected chi connectivity index (χ0v) is 18.2. The van der Waals surface area contributed by atoms with Crippen molar-refractivity contribution in [3.8, 4) is 0 Å². The molecule has 0 fully saturated rings. The molecule has 0 aromatic heterocycles. The fourth-order valence-corrected chi connectivity index (χ4v) is 3.16. The monoisotopic (exact) mass is 370 g/mol. The van der Waals surface area contributed by atoms with E-state index in [0.29, 0.717) is 30.6 Å². The van der Waals surface area contributed by atoms with Crippen LogP contribution in [0.15, 0.2) is 0 Å². The number of ether oxygens (including phenoxy) is 1. The van der Waals surface area contributed by atoms with Gasteiger partial charge < -0.3 is 9.84 Å². The van der Waals surface area contributed by atoms with Crippen molar-refractivity contribution in [1.82, 2.24) is 0 Å². The number of rotatable bonds is 13. The Balaban J connectivity index is 5.33. The van der Waals surface area contributed by atoms with Crippen molar-refractivity contribution in [2.75, 3.05) is 0 Å². The molecule has 0 bridgehead atoms. The summed E-state index contributed by atoms with van der Waals surface area (Å²) < 4.78 is 5.85. The normalized spacial score (nSPS) is 15.5. The van der Waals surface area contributed by atoms with Gasteiger partial charge in [0.1, 0.15) is 6.10 Å². The molecular weight excluding hydrogens is 328 g/mol. The van der Waals surface area contributed by atoms with E-state index in [1.54, 1.807) is 0 Å².